The van der Waals surface area contributed by atoms with E-state index in [0.717, 1.165) is 5.56 Å². The fraction of sp³-hybridized carbons (Fsp3) is 0.562. The number of carbonyl (C=O) groups excluding carboxylic acids is 2. The second-order valence-corrected chi connectivity index (χ2v) is 14.6. The molecule has 0 spiro atoms. The van der Waals surface area contributed by atoms with E-state index in [-0.39, 0.29) is 43.0 Å². The highest BCUT2D eigenvalue weighted by Gasteiger charge is 2.35. The predicted octanol–water partition coefficient (Wildman–Crippen LogP) is 4.09. The summed E-state index contributed by atoms with van der Waals surface area (Å²) in [7, 11) is -4.06. The Balaban J connectivity index is 1.89. The molecule has 244 valence electrons. The second-order valence-electron chi connectivity index (χ2n) is 12.6. The Morgan fingerprint density at radius 3 is 2.27 bits per heavy atom. The quantitative estimate of drug-likeness (QED) is 0.282. The van der Waals surface area contributed by atoms with E-state index in [4.69, 9.17) is 14.2 Å². The maximum Gasteiger partial charge on any atom is 0.408 e. The Morgan fingerprint density at radius 2 is 1.66 bits per heavy atom. The molecule has 3 N–H and O–H groups in total. The number of nitrogens with one attached hydrogen (secondary N) is 2. The van der Waals surface area contributed by atoms with Gasteiger partial charge in [0.15, 0.2) is 11.5 Å². The number of fused-ring (bicyclic) bond motifs is 1. The van der Waals surface area contributed by atoms with Crippen molar-refractivity contribution in [2.75, 3.05) is 19.9 Å². The van der Waals surface area contributed by atoms with E-state index in [1.807, 2.05) is 58.0 Å². The number of alkyl carbamates (subject to hydrolysis) is 1. The van der Waals surface area contributed by atoms with E-state index < -0.39 is 45.8 Å². The minimum Gasteiger partial charge on any atom is -0.454 e. The average molecular weight is 634 g/mol. The van der Waals surface area contributed by atoms with E-state index in [2.05, 4.69) is 10.6 Å². The lowest BCUT2D eigenvalue weighted by Gasteiger charge is -2.32. The minimum atomic E-state index is -4.06. The lowest BCUT2D eigenvalue weighted by molar-refractivity contribution is -0.126. The molecule has 0 saturated heterocycles. The molecular weight excluding hydrogens is 586 g/mol. The number of amides is 2. The van der Waals surface area contributed by atoms with Gasteiger partial charge >= 0.3 is 6.09 Å². The summed E-state index contributed by atoms with van der Waals surface area (Å²) in [6.07, 6.45) is -1.19. The molecule has 0 bridgehead atoms. The van der Waals surface area contributed by atoms with Crippen molar-refractivity contribution in [1.82, 2.24) is 14.9 Å². The number of carbonyl (C=O) groups is 2. The molecule has 0 aliphatic carbocycles. The maximum atomic E-state index is 13.8. The van der Waals surface area contributed by atoms with Crippen LogP contribution >= 0.6 is 0 Å². The number of sulfonamides is 1. The van der Waals surface area contributed by atoms with Crippen molar-refractivity contribution in [2.24, 2.45) is 11.8 Å². The third-order valence-electron chi connectivity index (χ3n) is 7.20. The summed E-state index contributed by atoms with van der Waals surface area (Å²) in [5.74, 6) is -0.0131. The number of rotatable bonds is 14. The Hall–Kier alpha value is -3.35. The smallest absolute Gasteiger partial charge is 0.408 e. The zero-order valence-corrected chi connectivity index (χ0v) is 27.5. The predicted molar refractivity (Wildman–Crippen MR) is 167 cm³/mol. The summed E-state index contributed by atoms with van der Waals surface area (Å²) in [5.41, 5.74) is 0.0849. The highest BCUT2D eigenvalue weighted by molar-refractivity contribution is 7.89. The molecule has 44 heavy (non-hydrogen) atoms. The molecule has 0 radical (unpaired) electrons. The van der Waals surface area contributed by atoms with Gasteiger partial charge in [0, 0.05) is 19.2 Å². The number of hydrogen-bond acceptors (Lipinski definition) is 8. The summed E-state index contributed by atoms with van der Waals surface area (Å²) >= 11 is 0. The third kappa shape index (κ3) is 9.83. The molecule has 0 fully saturated rings. The van der Waals surface area contributed by atoms with Crippen molar-refractivity contribution in [3.8, 4) is 11.5 Å². The van der Waals surface area contributed by atoms with Gasteiger partial charge in [-0.3, -0.25) is 4.79 Å². The van der Waals surface area contributed by atoms with E-state index in [9.17, 15) is 23.1 Å². The van der Waals surface area contributed by atoms with Crippen LogP contribution in [0.5, 0.6) is 11.5 Å². The van der Waals surface area contributed by atoms with Gasteiger partial charge in [0.2, 0.25) is 22.7 Å². The van der Waals surface area contributed by atoms with Gasteiger partial charge in [-0.25, -0.2) is 13.2 Å². The van der Waals surface area contributed by atoms with Gasteiger partial charge < -0.3 is 30.0 Å². The molecule has 2 amide bonds. The van der Waals surface area contributed by atoms with Gasteiger partial charge in [0.05, 0.1) is 17.0 Å². The van der Waals surface area contributed by atoms with Crippen LogP contribution in [0.1, 0.15) is 60.5 Å². The summed E-state index contributed by atoms with van der Waals surface area (Å²) in [6.45, 7) is 12.6. The maximum absolute atomic E-state index is 13.8. The largest absolute Gasteiger partial charge is 0.454 e. The molecule has 1 heterocycles. The molecule has 2 aromatic rings. The van der Waals surface area contributed by atoms with Crippen LogP contribution in [0.25, 0.3) is 0 Å². The van der Waals surface area contributed by atoms with Crippen LogP contribution in [-0.2, 0) is 26.0 Å². The third-order valence-corrected chi connectivity index (χ3v) is 9.03. The van der Waals surface area contributed by atoms with Crippen LogP contribution in [-0.4, -0.2) is 73.5 Å². The van der Waals surface area contributed by atoms with Crippen LogP contribution in [0.4, 0.5) is 4.79 Å². The lowest BCUT2D eigenvalue weighted by atomic mass is 9.96. The molecule has 12 heteroatoms. The van der Waals surface area contributed by atoms with E-state index in [1.54, 1.807) is 26.8 Å². The molecule has 4 atom stereocenters. The first kappa shape index (κ1) is 35.1. The first-order valence-electron chi connectivity index (χ1n) is 15.0. The summed E-state index contributed by atoms with van der Waals surface area (Å²) in [4.78, 5) is 26.3. The molecule has 3 rings (SSSR count). The average Bonchev–Trinajstić information content (AvgIpc) is 3.42. The van der Waals surface area contributed by atoms with Crippen LogP contribution in [0.15, 0.2) is 53.4 Å². The van der Waals surface area contributed by atoms with Gasteiger partial charge in [-0.15, -0.1) is 0 Å². The zero-order chi connectivity index (χ0) is 32.7. The topological polar surface area (TPSA) is 143 Å². The Bertz CT molecular complexity index is 1360. The van der Waals surface area contributed by atoms with Crippen molar-refractivity contribution in [1.29, 1.82) is 0 Å². The van der Waals surface area contributed by atoms with Crippen LogP contribution in [0.3, 0.4) is 0 Å². The van der Waals surface area contributed by atoms with Crippen molar-refractivity contribution in [3.05, 3.63) is 54.1 Å². The Kier molecular flexibility index (Phi) is 12.0. The minimum absolute atomic E-state index is 0.00848. The van der Waals surface area contributed by atoms with Crippen LogP contribution in [0.2, 0.25) is 0 Å². The zero-order valence-electron chi connectivity index (χ0n) is 26.7. The summed E-state index contributed by atoms with van der Waals surface area (Å²) in [6, 6.07) is 11.9. The van der Waals surface area contributed by atoms with Crippen LogP contribution < -0.4 is 20.1 Å². The van der Waals surface area contributed by atoms with Crippen molar-refractivity contribution < 1.29 is 37.3 Å². The standard InChI is InChI=1S/C32H47N3O8S/c1-8-22(4)29(34-31(38)43-32(5,6)7)30(37)33-25(16-23-12-10-9-11-13-23)26(36)19-35(18-21(2)3)44(39,40)24-14-15-27-28(17-24)42-20-41-27/h9-15,17,21-22,25-26,29,36H,8,16,18-20H2,1-7H3,(H,33,37)(H,34,38)/t22?,25-,26+,29-/m0/s1. The van der Waals surface area contributed by atoms with E-state index in [0.29, 0.717) is 17.9 Å². The number of aliphatic hydroxyl groups excluding tert-OH is 1. The highest BCUT2D eigenvalue weighted by Crippen LogP contribution is 2.35. The lowest BCUT2D eigenvalue weighted by Crippen LogP contribution is -2.57. The first-order chi connectivity index (χ1) is 20.6. The van der Waals surface area contributed by atoms with Crippen molar-refractivity contribution in [3.63, 3.8) is 0 Å². The number of aliphatic hydroxyl groups is 1. The molecule has 1 aliphatic heterocycles. The fourth-order valence-corrected chi connectivity index (χ4v) is 6.40. The van der Waals surface area contributed by atoms with Gasteiger partial charge in [0.25, 0.3) is 0 Å². The molecule has 11 nitrogen and oxygen atoms in total. The summed E-state index contributed by atoms with van der Waals surface area (Å²) in [5, 5.41) is 17.2. The summed E-state index contributed by atoms with van der Waals surface area (Å²) < 4.78 is 45.0. The van der Waals surface area contributed by atoms with E-state index >= 15 is 0 Å². The second kappa shape index (κ2) is 15.1. The molecule has 0 aromatic heterocycles. The monoisotopic (exact) mass is 633 g/mol. The first-order valence-corrected chi connectivity index (χ1v) is 16.5. The van der Waals surface area contributed by atoms with Gasteiger partial charge in [-0.2, -0.15) is 4.31 Å². The number of hydrogen-bond donors (Lipinski definition) is 3. The molecule has 1 unspecified atom stereocenters. The Morgan fingerprint density at radius 1 is 1.00 bits per heavy atom. The number of ether oxygens (including phenoxy) is 3. The molecular formula is C32H47N3O8S. The van der Waals surface area contributed by atoms with E-state index in [1.165, 1.54) is 16.4 Å². The Labute approximate surface area is 261 Å². The van der Waals surface area contributed by atoms with Gasteiger partial charge in [-0.05, 0) is 56.7 Å². The highest BCUT2D eigenvalue weighted by atomic mass is 32.2. The van der Waals surface area contributed by atoms with Crippen molar-refractivity contribution >= 4 is 22.0 Å². The van der Waals surface area contributed by atoms with Crippen LogP contribution in [0, 0.1) is 11.8 Å². The van der Waals surface area contributed by atoms with Gasteiger partial charge in [-0.1, -0.05) is 64.4 Å². The fourth-order valence-electron chi connectivity index (χ4n) is 4.76. The molecule has 1 aliphatic rings. The number of benzene rings is 2. The number of nitrogens with zero attached hydrogens (tertiary/aromatic N) is 1. The normalized spacial score (nSPS) is 15.9. The molecule has 0 saturated carbocycles. The molecule has 2 aromatic carbocycles. The van der Waals surface area contributed by atoms with Gasteiger partial charge in [0.1, 0.15) is 11.6 Å². The SMILES string of the molecule is CCC(C)[C@H](NC(=O)OC(C)(C)C)C(=O)N[C@@H](Cc1ccccc1)[C@H](O)CN(CC(C)C)S(=O)(=O)c1ccc2c(c1)OCO2. The van der Waals surface area contributed by atoms with Crippen molar-refractivity contribution in [2.45, 2.75) is 90.0 Å².